The number of fused-ring (bicyclic) bond motifs is 1. The lowest BCUT2D eigenvalue weighted by Crippen LogP contribution is -2.34. The lowest BCUT2D eigenvalue weighted by Gasteiger charge is -2.22. The van der Waals surface area contributed by atoms with Crippen molar-refractivity contribution in [2.24, 2.45) is 5.41 Å². The van der Waals surface area contributed by atoms with E-state index in [9.17, 15) is 14.7 Å². The van der Waals surface area contributed by atoms with Gasteiger partial charge in [-0.2, -0.15) is 0 Å². The first-order chi connectivity index (χ1) is 15.9. The molecule has 0 saturated carbocycles. The lowest BCUT2D eigenvalue weighted by molar-refractivity contribution is -0.148. The number of rotatable bonds is 9. The molecule has 3 aromatic rings. The number of carbonyl (C=O) groups excluding carboxylic acids is 1. The summed E-state index contributed by atoms with van der Waals surface area (Å²) in [5.41, 5.74) is 2.77. The van der Waals surface area contributed by atoms with Crippen molar-refractivity contribution >= 4 is 11.8 Å². The van der Waals surface area contributed by atoms with Crippen molar-refractivity contribution in [3.8, 4) is 11.5 Å². The van der Waals surface area contributed by atoms with Crippen molar-refractivity contribution in [2.75, 3.05) is 13.7 Å². The molecule has 1 N–H and O–H groups in total. The van der Waals surface area contributed by atoms with Crippen LogP contribution in [0.3, 0.4) is 0 Å². The first-order valence-corrected chi connectivity index (χ1v) is 10.8. The second-order valence-electron chi connectivity index (χ2n) is 8.44. The SMILES string of the molecule is COc1ccc(C(=O)CC2(C(=O)O)Cc3nccnc3C2)cc1OCCc1cccc(C)c1. The molecule has 1 heterocycles. The maximum Gasteiger partial charge on any atom is 0.310 e. The Kier molecular flexibility index (Phi) is 6.40. The van der Waals surface area contributed by atoms with Crippen LogP contribution in [-0.2, 0) is 24.1 Å². The Morgan fingerprint density at radius 1 is 1.03 bits per heavy atom. The quantitative estimate of drug-likeness (QED) is 0.498. The summed E-state index contributed by atoms with van der Waals surface area (Å²) < 4.78 is 11.3. The van der Waals surface area contributed by atoms with Gasteiger partial charge in [-0.25, -0.2) is 0 Å². The summed E-state index contributed by atoms with van der Waals surface area (Å²) in [4.78, 5) is 33.8. The number of benzene rings is 2. The van der Waals surface area contributed by atoms with E-state index in [1.54, 1.807) is 37.7 Å². The third-order valence-electron chi connectivity index (χ3n) is 6.04. The van der Waals surface area contributed by atoms with Gasteiger partial charge in [0.05, 0.1) is 30.5 Å². The van der Waals surface area contributed by atoms with Gasteiger partial charge in [-0.15, -0.1) is 0 Å². The zero-order valence-corrected chi connectivity index (χ0v) is 18.7. The van der Waals surface area contributed by atoms with E-state index in [1.165, 1.54) is 5.56 Å². The van der Waals surface area contributed by atoms with Gasteiger partial charge < -0.3 is 14.6 Å². The standard InChI is InChI=1S/C26H26N2O5/c1-17-4-3-5-18(12-17)8-11-33-24-13-19(6-7-23(24)32-2)22(29)16-26(25(30)31)14-20-21(15-26)28-10-9-27-20/h3-7,9-10,12-13H,8,11,14-16H2,1-2H3,(H,30,31). The van der Waals surface area contributed by atoms with Crippen LogP contribution in [0.25, 0.3) is 0 Å². The summed E-state index contributed by atoms with van der Waals surface area (Å²) in [6, 6.07) is 13.2. The smallest absolute Gasteiger partial charge is 0.310 e. The molecule has 2 aromatic carbocycles. The molecule has 7 heteroatoms. The fraction of sp³-hybridized carbons (Fsp3) is 0.308. The third-order valence-corrected chi connectivity index (χ3v) is 6.04. The number of carboxylic acids is 1. The first kappa shape index (κ1) is 22.5. The van der Waals surface area contributed by atoms with Crippen molar-refractivity contribution in [1.29, 1.82) is 0 Å². The summed E-state index contributed by atoms with van der Waals surface area (Å²) in [5, 5.41) is 9.96. The molecule has 1 aliphatic carbocycles. The number of methoxy groups -OCH3 is 1. The number of carboxylic acid groups (broad SMARTS) is 1. The summed E-state index contributed by atoms with van der Waals surface area (Å²) in [6.45, 7) is 2.46. The van der Waals surface area contributed by atoms with Crippen molar-refractivity contribution < 1.29 is 24.2 Å². The number of ketones is 1. The molecule has 0 amide bonds. The van der Waals surface area contributed by atoms with E-state index in [2.05, 4.69) is 16.0 Å². The average molecular weight is 447 g/mol. The minimum absolute atomic E-state index is 0.143. The van der Waals surface area contributed by atoms with Crippen LogP contribution in [0.1, 0.15) is 39.3 Å². The van der Waals surface area contributed by atoms with E-state index < -0.39 is 11.4 Å². The van der Waals surface area contributed by atoms with Gasteiger partial charge in [0.15, 0.2) is 17.3 Å². The number of aromatic nitrogens is 2. The zero-order chi connectivity index (χ0) is 23.4. The molecule has 33 heavy (non-hydrogen) atoms. The van der Waals surface area contributed by atoms with Crippen LogP contribution >= 0.6 is 0 Å². The normalized spacial score (nSPS) is 13.9. The minimum atomic E-state index is -1.24. The first-order valence-electron chi connectivity index (χ1n) is 10.8. The van der Waals surface area contributed by atoms with E-state index >= 15 is 0 Å². The molecule has 0 saturated heterocycles. The van der Waals surface area contributed by atoms with Crippen LogP contribution < -0.4 is 9.47 Å². The molecule has 7 nitrogen and oxygen atoms in total. The molecular weight excluding hydrogens is 420 g/mol. The monoisotopic (exact) mass is 446 g/mol. The van der Waals surface area contributed by atoms with Crippen LogP contribution in [0.5, 0.6) is 11.5 Å². The second kappa shape index (κ2) is 9.40. The topological polar surface area (TPSA) is 98.6 Å². The predicted octanol–water partition coefficient (Wildman–Crippen LogP) is 3.86. The Hall–Kier alpha value is -3.74. The van der Waals surface area contributed by atoms with E-state index in [1.807, 2.05) is 25.1 Å². The predicted molar refractivity (Wildman–Crippen MR) is 122 cm³/mol. The summed E-state index contributed by atoms with van der Waals surface area (Å²) in [5.74, 6) is -0.306. The van der Waals surface area contributed by atoms with E-state index in [0.29, 0.717) is 41.5 Å². The zero-order valence-electron chi connectivity index (χ0n) is 18.7. The highest BCUT2D eigenvalue weighted by Gasteiger charge is 2.47. The number of nitrogens with zero attached hydrogens (tertiary/aromatic N) is 2. The van der Waals surface area contributed by atoms with Crippen molar-refractivity contribution in [2.45, 2.75) is 32.6 Å². The van der Waals surface area contributed by atoms with Gasteiger partial charge in [0.1, 0.15) is 0 Å². The van der Waals surface area contributed by atoms with Crippen LogP contribution in [0.15, 0.2) is 54.9 Å². The highest BCUT2D eigenvalue weighted by Crippen LogP contribution is 2.40. The summed E-state index contributed by atoms with van der Waals surface area (Å²) >= 11 is 0. The van der Waals surface area contributed by atoms with Crippen molar-refractivity contribution in [3.05, 3.63) is 82.9 Å². The number of aliphatic carboxylic acids is 1. The van der Waals surface area contributed by atoms with Crippen LogP contribution in [0.2, 0.25) is 0 Å². The Labute approximate surface area is 192 Å². The van der Waals surface area contributed by atoms with Gasteiger partial charge in [-0.05, 0) is 30.7 Å². The summed E-state index contributed by atoms with van der Waals surface area (Å²) in [7, 11) is 1.54. The Morgan fingerprint density at radius 3 is 2.39 bits per heavy atom. The van der Waals surface area contributed by atoms with Crippen LogP contribution in [0.4, 0.5) is 0 Å². The van der Waals surface area contributed by atoms with Gasteiger partial charge >= 0.3 is 5.97 Å². The van der Waals surface area contributed by atoms with Gasteiger partial charge in [0.2, 0.25) is 0 Å². The summed E-state index contributed by atoms with van der Waals surface area (Å²) in [6.07, 6.45) is 4.03. The molecule has 0 radical (unpaired) electrons. The average Bonchev–Trinajstić information content (AvgIpc) is 3.18. The van der Waals surface area contributed by atoms with Gasteiger partial charge in [0.25, 0.3) is 0 Å². The number of carbonyl (C=O) groups is 2. The molecule has 0 aliphatic heterocycles. The number of hydrogen-bond acceptors (Lipinski definition) is 6. The van der Waals surface area contributed by atoms with Crippen LogP contribution in [0, 0.1) is 12.3 Å². The molecule has 0 spiro atoms. The number of ether oxygens (including phenoxy) is 2. The van der Waals surface area contributed by atoms with E-state index in [4.69, 9.17) is 9.47 Å². The lowest BCUT2D eigenvalue weighted by atomic mass is 9.79. The molecule has 0 unspecified atom stereocenters. The van der Waals surface area contributed by atoms with Crippen LogP contribution in [-0.4, -0.2) is 40.5 Å². The van der Waals surface area contributed by atoms with Crippen molar-refractivity contribution in [3.63, 3.8) is 0 Å². The Bertz CT molecular complexity index is 1170. The number of aryl methyl sites for hydroxylation is 1. The van der Waals surface area contributed by atoms with Gasteiger partial charge in [-0.3, -0.25) is 19.6 Å². The molecule has 0 bridgehead atoms. The number of Topliss-reactive ketones (excluding diaryl/α,β-unsaturated/α-hetero) is 1. The highest BCUT2D eigenvalue weighted by molar-refractivity contribution is 5.99. The minimum Gasteiger partial charge on any atom is -0.493 e. The fourth-order valence-electron chi connectivity index (χ4n) is 4.27. The maximum absolute atomic E-state index is 13.1. The maximum atomic E-state index is 13.1. The molecule has 1 aromatic heterocycles. The molecule has 4 rings (SSSR count). The van der Waals surface area contributed by atoms with E-state index in [0.717, 1.165) is 5.56 Å². The third kappa shape index (κ3) is 4.87. The molecule has 0 atom stereocenters. The molecule has 170 valence electrons. The molecule has 1 aliphatic rings. The second-order valence-corrected chi connectivity index (χ2v) is 8.44. The Balaban J connectivity index is 1.49. The van der Waals surface area contributed by atoms with Gasteiger partial charge in [-0.1, -0.05) is 29.8 Å². The van der Waals surface area contributed by atoms with Gasteiger partial charge in [0, 0.05) is 43.6 Å². The fourth-order valence-corrected chi connectivity index (χ4v) is 4.27. The molecular formula is C26H26N2O5. The number of hydrogen-bond donors (Lipinski definition) is 1. The largest absolute Gasteiger partial charge is 0.493 e. The Morgan fingerprint density at radius 2 is 1.76 bits per heavy atom. The highest BCUT2D eigenvalue weighted by atomic mass is 16.5. The van der Waals surface area contributed by atoms with E-state index in [-0.39, 0.29) is 25.0 Å². The molecule has 0 fully saturated rings. The van der Waals surface area contributed by atoms with Crippen molar-refractivity contribution in [1.82, 2.24) is 9.97 Å².